The third-order valence-corrected chi connectivity index (χ3v) is 2.55. The van der Waals surface area contributed by atoms with Gasteiger partial charge in [-0.1, -0.05) is 6.92 Å². The minimum absolute atomic E-state index is 0.0377. The number of hydrogen-bond donors (Lipinski definition) is 2. The van der Waals surface area contributed by atoms with E-state index in [9.17, 15) is 4.79 Å². The highest BCUT2D eigenvalue weighted by Crippen LogP contribution is 2.08. The second-order valence-electron chi connectivity index (χ2n) is 3.30. The molecule has 4 nitrogen and oxygen atoms in total. The third-order valence-electron chi connectivity index (χ3n) is 1.92. The lowest BCUT2D eigenvalue weighted by Gasteiger charge is -2.11. The van der Waals surface area contributed by atoms with Gasteiger partial charge in [0.25, 0.3) is 0 Å². The van der Waals surface area contributed by atoms with Crippen molar-refractivity contribution in [3.63, 3.8) is 0 Å². The number of carbonyl (C=O) groups excluding carboxylic acids is 1. The Balaban J connectivity index is 2.41. The van der Waals surface area contributed by atoms with E-state index in [1.54, 1.807) is 10.9 Å². The monoisotopic (exact) mass is 291 g/mol. The van der Waals surface area contributed by atoms with Crippen LogP contribution in [0.15, 0.2) is 16.9 Å². The van der Waals surface area contributed by atoms with Gasteiger partial charge in [0, 0.05) is 18.5 Å². The standard InChI is InChI=1S/C9H14BrN3OS/c1-7(9(14)11-2-3-15)5-13-6-8(10)4-12-13/h4,6-7,15H,2-3,5H2,1H3,(H,11,14). The SMILES string of the molecule is CC(Cn1cc(Br)cn1)C(=O)NCCS. The molecule has 1 amide bonds. The molecule has 1 rings (SSSR count). The lowest BCUT2D eigenvalue weighted by Crippen LogP contribution is -2.32. The molecular weight excluding hydrogens is 278 g/mol. The fourth-order valence-corrected chi connectivity index (χ4v) is 1.59. The van der Waals surface area contributed by atoms with Crippen LogP contribution in [0.1, 0.15) is 6.92 Å². The van der Waals surface area contributed by atoms with Gasteiger partial charge in [-0.2, -0.15) is 17.7 Å². The minimum atomic E-state index is -0.0864. The molecule has 84 valence electrons. The van der Waals surface area contributed by atoms with Crippen molar-refractivity contribution in [3.8, 4) is 0 Å². The Labute approximate surface area is 103 Å². The van der Waals surface area contributed by atoms with Gasteiger partial charge in [-0.3, -0.25) is 9.48 Å². The lowest BCUT2D eigenvalue weighted by atomic mass is 10.1. The number of amides is 1. The highest BCUT2D eigenvalue weighted by atomic mass is 79.9. The molecule has 1 unspecified atom stereocenters. The maximum absolute atomic E-state index is 11.5. The first-order valence-corrected chi connectivity index (χ1v) is 6.12. The predicted octanol–water partition coefficient (Wildman–Crippen LogP) is 1.33. The van der Waals surface area contributed by atoms with Gasteiger partial charge in [-0.25, -0.2) is 0 Å². The summed E-state index contributed by atoms with van der Waals surface area (Å²) in [5.41, 5.74) is 0. The van der Waals surface area contributed by atoms with Crippen LogP contribution < -0.4 is 5.32 Å². The molecule has 1 aromatic heterocycles. The molecule has 0 aliphatic rings. The number of halogens is 1. The molecule has 6 heteroatoms. The predicted molar refractivity (Wildman–Crippen MR) is 66.0 cm³/mol. The van der Waals surface area contributed by atoms with Gasteiger partial charge in [0.2, 0.25) is 5.91 Å². The number of nitrogens with one attached hydrogen (secondary N) is 1. The molecule has 1 atom stereocenters. The largest absolute Gasteiger partial charge is 0.355 e. The molecule has 0 saturated heterocycles. The summed E-state index contributed by atoms with van der Waals surface area (Å²) in [6, 6.07) is 0. The summed E-state index contributed by atoms with van der Waals surface area (Å²) < 4.78 is 2.67. The summed E-state index contributed by atoms with van der Waals surface area (Å²) >= 11 is 7.33. The second-order valence-corrected chi connectivity index (χ2v) is 4.66. The molecule has 0 fully saturated rings. The molecule has 0 spiro atoms. The first-order chi connectivity index (χ1) is 7.13. The summed E-state index contributed by atoms with van der Waals surface area (Å²) in [6.45, 7) is 3.07. The van der Waals surface area contributed by atoms with E-state index in [0.717, 1.165) is 4.47 Å². The third kappa shape index (κ3) is 4.25. The minimum Gasteiger partial charge on any atom is -0.355 e. The zero-order valence-corrected chi connectivity index (χ0v) is 11.0. The highest BCUT2D eigenvalue weighted by Gasteiger charge is 2.12. The molecule has 0 saturated carbocycles. The lowest BCUT2D eigenvalue weighted by molar-refractivity contribution is -0.124. The van der Waals surface area contributed by atoms with Crippen LogP contribution >= 0.6 is 28.6 Å². The van der Waals surface area contributed by atoms with Crippen LogP contribution in [-0.4, -0.2) is 28.0 Å². The van der Waals surface area contributed by atoms with Crippen molar-refractivity contribution in [2.24, 2.45) is 5.92 Å². The number of rotatable bonds is 5. The zero-order chi connectivity index (χ0) is 11.3. The first kappa shape index (κ1) is 12.6. The molecule has 0 aromatic carbocycles. The molecule has 0 aliphatic heterocycles. The van der Waals surface area contributed by atoms with Crippen molar-refractivity contribution >= 4 is 34.5 Å². The molecule has 15 heavy (non-hydrogen) atoms. The number of nitrogens with zero attached hydrogens (tertiary/aromatic N) is 2. The zero-order valence-electron chi connectivity index (χ0n) is 8.48. The van der Waals surface area contributed by atoms with E-state index in [2.05, 4.69) is 39.0 Å². The smallest absolute Gasteiger partial charge is 0.224 e. The van der Waals surface area contributed by atoms with Crippen LogP contribution in [0, 0.1) is 5.92 Å². The number of hydrogen-bond acceptors (Lipinski definition) is 3. The summed E-state index contributed by atoms with van der Waals surface area (Å²) in [7, 11) is 0. The van der Waals surface area contributed by atoms with Crippen LogP contribution in [0.5, 0.6) is 0 Å². The van der Waals surface area contributed by atoms with Gasteiger partial charge in [-0.15, -0.1) is 0 Å². The fraction of sp³-hybridized carbons (Fsp3) is 0.556. The topological polar surface area (TPSA) is 46.9 Å². The van der Waals surface area contributed by atoms with Crippen LogP contribution in [0.25, 0.3) is 0 Å². The Hall–Kier alpha value is -0.490. The first-order valence-electron chi connectivity index (χ1n) is 4.70. The van der Waals surface area contributed by atoms with Crippen LogP contribution in [0.4, 0.5) is 0 Å². The summed E-state index contributed by atoms with van der Waals surface area (Å²) in [5, 5.41) is 6.88. The Kier molecular flexibility index (Phi) is 5.17. The van der Waals surface area contributed by atoms with E-state index in [0.29, 0.717) is 18.8 Å². The van der Waals surface area contributed by atoms with E-state index >= 15 is 0 Å². The van der Waals surface area contributed by atoms with Gasteiger partial charge in [-0.05, 0) is 15.9 Å². The van der Waals surface area contributed by atoms with Crippen LogP contribution in [0.3, 0.4) is 0 Å². The average Bonchev–Trinajstić information content (AvgIpc) is 2.60. The van der Waals surface area contributed by atoms with Gasteiger partial charge < -0.3 is 5.32 Å². The number of thiol groups is 1. The average molecular weight is 292 g/mol. The molecule has 0 aliphatic carbocycles. The van der Waals surface area contributed by atoms with Crippen molar-refractivity contribution in [1.82, 2.24) is 15.1 Å². The van der Waals surface area contributed by atoms with Crippen molar-refractivity contribution in [1.29, 1.82) is 0 Å². The summed E-state index contributed by atoms with van der Waals surface area (Å²) in [4.78, 5) is 11.5. The second kappa shape index (κ2) is 6.17. The number of carbonyl (C=O) groups is 1. The quantitative estimate of drug-likeness (QED) is 0.804. The molecule has 0 radical (unpaired) electrons. The van der Waals surface area contributed by atoms with E-state index in [1.807, 2.05) is 13.1 Å². The van der Waals surface area contributed by atoms with Gasteiger partial charge >= 0.3 is 0 Å². The van der Waals surface area contributed by atoms with Crippen molar-refractivity contribution in [2.75, 3.05) is 12.3 Å². The summed E-state index contributed by atoms with van der Waals surface area (Å²) in [5.74, 6) is 0.610. The van der Waals surface area contributed by atoms with Crippen molar-refractivity contribution in [3.05, 3.63) is 16.9 Å². The number of aromatic nitrogens is 2. The highest BCUT2D eigenvalue weighted by molar-refractivity contribution is 9.10. The Morgan fingerprint density at radius 3 is 3.07 bits per heavy atom. The van der Waals surface area contributed by atoms with E-state index in [4.69, 9.17) is 0 Å². The molecule has 1 heterocycles. The maximum atomic E-state index is 11.5. The van der Waals surface area contributed by atoms with Gasteiger partial charge in [0.1, 0.15) is 0 Å². The van der Waals surface area contributed by atoms with Crippen molar-refractivity contribution in [2.45, 2.75) is 13.5 Å². The van der Waals surface area contributed by atoms with Crippen molar-refractivity contribution < 1.29 is 4.79 Å². The van der Waals surface area contributed by atoms with E-state index in [1.165, 1.54) is 0 Å². The molecule has 1 N–H and O–H groups in total. The summed E-state index contributed by atoms with van der Waals surface area (Å²) in [6.07, 6.45) is 3.56. The van der Waals surface area contributed by atoms with E-state index < -0.39 is 0 Å². The molecule has 0 bridgehead atoms. The van der Waals surface area contributed by atoms with Gasteiger partial charge in [0.15, 0.2) is 0 Å². The van der Waals surface area contributed by atoms with E-state index in [-0.39, 0.29) is 11.8 Å². The van der Waals surface area contributed by atoms with Crippen LogP contribution in [-0.2, 0) is 11.3 Å². The molecule has 1 aromatic rings. The Morgan fingerprint density at radius 1 is 1.80 bits per heavy atom. The maximum Gasteiger partial charge on any atom is 0.224 e. The van der Waals surface area contributed by atoms with Gasteiger partial charge in [0.05, 0.1) is 23.1 Å². The van der Waals surface area contributed by atoms with Crippen LogP contribution in [0.2, 0.25) is 0 Å². The molecular formula is C9H14BrN3OS. The Morgan fingerprint density at radius 2 is 2.53 bits per heavy atom. The Bertz CT molecular complexity index is 329. The normalized spacial score (nSPS) is 12.5. The fourth-order valence-electron chi connectivity index (χ4n) is 1.16.